The van der Waals surface area contributed by atoms with Crippen molar-refractivity contribution >= 4 is 14.8 Å². The van der Waals surface area contributed by atoms with E-state index in [0.717, 1.165) is 45.6 Å². The van der Waals surface area contributed by atoms with Crippen LogP contribution in [0.25, 0.3) is 0 Å². The molecule has 1 fully saturated rings. The normalized spacial score (nSPS) is 15.9. The van der Waals surface area contributed by atoms with Crippen molar-refractivity contribution in [3.63, 3.8) is 0 Å². The molecule has 1 rings (SSSR count). The molecule has 1 heterocycles. The van der Waals surface area contributed by atoms with Gasteiger partial charge < -0.3 is 23.3 Å². The Kier molecular flexibility index (Phi) is 20.0. The number of hydrogen-bond acceptors (Lipinski definition) is 8. The van der Waals surface area contributed by atoms with Crippen LogP contribution in [-0.2, 0) is 23.3 Å². The van der Waals surface area contributed by atoms with Crippen LogP contribution in [0.1, 0.15) is 48.0 Å². The fourth-order valence-electron chi connectivity index (χ4n) is 1.78. The van der Waals surface area contributed by atoms with Gasteiger partial charge in [0.25, 0.3) is 0 Å². The summed E-state index contributed by atoms with van der Waals surface area (Å²) < 4.78 is 20.0. The van der Waals surface area contributed by atoms with Crippen molar-refractivity contribution in [3.8, 4) is 0 Å². The van der Waals surface area contributed by atoms with E-state index in [0.29, 0.717) is 13.2 Å². The number of rotatable bonds is 11. The summed E-state index contributed by atoms with van der Waals surface area (Å²) >= 11 is 0. The van der Waals surface area contributed by atoms with Gasteiger partial charge in [-0.2, -0.15) is 0 Å². The minimum atomic E-state index is -1.62. The quantitative estimate of drug-likeness (QED) is 0.220. The lowest BCUT2D eigenvalue weighted by Gasteiger charge is -2.29. The monoisotopic (exact) mass is 410 g/mol. The number of carbonyl (C=O) groups excluding carboxylic acids is 1. The zero-order valence-corrected chi connectivity index (χ0v) is 19.0. The summed E-state index contributed by atoms with van der Waals surface area (Å²) in [6, 6.07) is 0. The van der Waals surface area contributed by atoms with E-state index in [1.165, 1.54) is 0 Å². The van der Waals surface area contributed by atoms with E-state index in [4.69, 9.17) is 18.5 Å². The Bertz CT molecular complexity index is 353. The molecule has 0 N–H and O–H groups in total. The number of aldehydes is 1. The molecule has 1 saturated heterocycles. The maximum atomic E-state index is 10.7. The maximum absolute atomic E-state index is 10.7. The van der Waals surface area contributed by atoms with Crippen molar-refractivity contribution in [2.45, 2.75) is 54.1 Å². The number of nitrogens with zero attached hydrogens (tertiary/aromatic N) is 2. The zero-order valence-electron chi connectivity index (χ0n) is 18.1. The topological polar surface area (TPSA) is 86.7 Å². The van der Waals surface area contributed by atoms with Crippen LogP contribution >= 0.6 is 8.53 Å². The predicted molar refractivity (Wildman–Crippen MR) is 110 cm³/mol. The smallest absolute Gasteiger partial charge is 0.353 e. The van der Waals surface area contributed by atoms with E-state index in [1.54, 1.807) is 7.11 Å². The Morgan fingerprint density at radius 2 is 1.81 bits per heavy atom. The van der Waals surface area contributed by atoms with Gasteiger partial charge in [-0.25, -0.2) is 0 Å². The summed E-state index contributed by atoms with van der Waals surface area (Å²) in [5, 5.41) is 0. The van der Waals surface area contributed by atoms with Gasteiger partial charge in [0.15, 0.2) is 0 Å². The molecule has 0 radical (unpaired) electrons. The molecule has 0 aromatic heterocycles. The van der Waals surface area contributed by atoms with Gasteiger partial charge in [0.1, 0.15) is 6.29 Å². The van der Waals surface area contributed by atoms with Crippen LogP contribution in [-0.4, -0.2) is 70.5 Å². The van der Waals surface area contributed by atoms with Gasteiger partial charge >= 0.3 is 8.53 Å². The molecule has 0 aliphatic carbocycles. The second kappa shape index (κ2) is 18.8. The second-order valence-electron chi connectivity index (χ2n) is 6.61. The standard InChI is InChI=1S/C10H19NO2.C6H14NO4P.C2H6/c1-10(2,9-12)3-4-11-5-7-13-8-6-11;1-6(2)11-12(7-8)10-5-4-9-3;1-2/h9H,3-8H2,1-2H3;6H,4-5H2,1-3H3;1-2H3. The Hall–Kier alpha value is -0.500. The number of hydrogen-bond donors (Lipinski definition) is 0. The van der Waals surface area contributed by atoms with Crippen LogP contribution in [0, 0.1) is 10.3 Å². The van der Waals surface area contributed by atoms with Crippen LogP contribution < -0.4 is 0 Å². The summed E-state index contributed by atoms with van der Waals surface area (Å²) in [6.45, 7) is 17.1. The first-order chi connectivity index (χ1) is 12.8. The van der Waals surface area contributed by atoms with Gasteiger partial charge in [0.2, 0.25) is 0 Å². The highest BCUT2D eigenvalue weighted by atomic mass is 31.2. The lowest BCUT2D eigenvalue weighted by Crippen LogP contribution is -2.38. The first-order valence-electron chi connectivity index (χ1n) is 9.53. The Morgan fingerprint density at radius 1 is 1.22 bits per heavy atom. The molecule has 162 valence electrons. The Labute approximate surface area is 166 Å². The van der Waals surface area contributed by atoms with Crippen molar-refractivity contribution in [1.82, 2.24) is 4.90 Å². The number of methoxy groups -OCH3 is 1. The average Bonchev–Trinajstić information content (AvgIpc) is 2.68. The second-order valence-corrected chi connectivity index (χ2v) is 7.72. The average molecular weight is 410 g/mol. The predicted octanol–water partition coefficient (Wildman–Crippen LogP) is 4.03. The van der Waals surface area contributed by atoms with Gasteiger partial charge in [-0.05, 0) is 26.8 Å². The van der Waals surface area contributed by atoms with Crippen molar-refractivity contribution in [2.24, 2.45) is 10.4 Å². The minimum absolute atomic E-state index is 0.0450. The van der Waals surface area contributed by atoms with Gasteiger partial charge in [0.05, 0.1) is 32.5 Å². The molecule has 27 heavy (non-hydrogen) atoms. The van der Waals surface area contributed by atoms with Crippen molar-refractivity contribution in [3.05, 3.63) is 4.91 Å². The summed E-state index contributed by atoms with van der Waals surface area (Å²) in [5.41, 5.74) is -0.168. The molecular weight excluding hydrogens is 371 g/mol. The van der Waals surface area contributed by atoms with E-state index < -0.39 is 8.53 Å². The SMILES string of the molecule is CC.CC(C)(C=O)CCN1CCOCC1.COCCOP(N=O)OC(C)C. The van der Waals surface area contributed by atoms with E-state index >= 15 is 0 Å². The van der Waals surface area contributed by atoms with Crippen molar-refractivity contribution in [1.29, 1.82) is 0 Å². The molecule has 9 heteroatoms. The Balaban J connectivity index is 0. The third kappa shape index (κ3) is 18.6. The van der Waals surface area contributed by atoms with Gasteiger partial charge in [-0.1, -0.05) is 27.7 Å². The largest absolute Gasteiger partial charge is 0.382 e. The molecule has 0 aromatic rings. The third-order valence-electron chi connectivity index (χ3n) is 3.35. The summed E-state index contributed by atoms with van der Waals surface area (Å²) in [4.78, 5) is 25.8. The zero-order chi connectivity index (χ0) is 21.1. The maximum Gasteiger partial charge on any atom is 0.353 e. The molecule has 1 atom stereocenters. The molecule has 1 aliphatic heterocycles. The Morgan fingerprint density at radius 3 is 2.26 bits per heavy atom. The molecular formula is C18H39N2O6P. The van der Waals surface area contributed by atoms with Crippen LogP contribution in [0.3, 0.4) is 0 Å². The molecule has 0 spiro atoms. The first kappa shape index (κ1) is 28.7. The lowest BCUT2D eigenvalue weighted by atomic mass is 9.91. The number of ether oxygens (including phenoxy) is 2. The fraction of sp³-hybridized carbons (Fsp3) is 0.944. The minimum Gasteiger partial charge on any atom is -0.382 e. The van der Waals surface area contributed by atoms with Crippen LogP contribution in [0.2, 0.25) is 0 Å². The number of nitroso groups, excluding NO2 is 1. The molecule has 0 saturated carbocycles. The number of carbonyl (C=O) groups is 1. The van der Waals surface area contributed by atoms with Crippen molar-refractivity contribution in [2.75, 3.05) is 53.2 Å². The highest BCUT2D eigenvalue weighted by Crippen LogP contribution is 2.40. The summed E-state index contributed by atoms with van der Waals surface area (Å²) in [6.07, 6.45) is 1.94. The molecule has 1 unspecified atom stereocenters. The summed E-state index contributed by atoms with van der Waals surface area (Å²) in [5.74, 6) is 0. The van der Waals surface area contributed by atoms with Crippen LogP contribution in [0.5, 0.6) is 0 Å². The van der Waals surface area contributed by atoms with Crippen LogP contribution in [0.4, 0.5) is 0 Å². The van der Waals surface area contributed by atoms with Gasteiger partial charge in [-0.15, -0.1) is 4.91 Å². The molecule has 8 nitrogen and oxygen atoms in total. The molecule has 0 amide bonds. The molecule has 0 aromatic carbocycles. The van der Waals surface area contributed by atoms with Gasteiger partial charge in [0, 0.05) is 30.6 Å². The highest BCUT2D eigenvalue weighted by molar-refractivity contribution is 7.45. The highest BCUT2D eigenvalue weighted by Gasteiger charge is 2.19. The first-order valence-corrected chi connectivity index (χ1v) is 10.7. The van der Waals surface area contributed by atoms with Gasteiger partial charge in [-0.3, -0.25) is 4.90 Å². The van der Waals surface area contributed by atoms with E-state index in [-0.39, 0.29) is 11.5 Å². The van der Waals surface area contributed by atoms with E-state index in [1.807, 2.05) is 41.5 Å². The van der Waals surface area contributed by atoms with Crippen molar-refractivity contribution < 1.29 is 23.3 Å². The van der Waals surface area contributed by atoms with Crippen LogP contribution in [0.15, 0.2) is 4.95 Å². The summed E-state index contributed by atoms with van der Waals surface area (Å²) in [7, 11) is -0.0613. The lowest BCUT2D eigenvalue weighted by molar-refractivity contribution is -0.115. The molecule has 0 bridgehead atoms. The van der Waals surface area contributed by atoms with E-state index in [2.05, 4.69) is 9.85 Å². The third-order valence-corrected chi connectivity index (χ3v) is 4.49. The fourth-order valence-corrected chi connectivity index (χ4v) is 2.52. The van der Waals surface area contributed by atoms with E-state index in [9.17, 15) is 9.70 Å². The number of morpholine rings is 1. The molecule has 1 aliphatic rings.